The zero-order valence-electron chi connectivity index (χ0n) is 31.0. The van der Waals surface area contributed by atoms with Gasteiger partial charge in [-0.2, -0.15) is 0 Å². The van der Waals surface area contributed by atoms with Crippen LogP contribution in [0.4, 0.5) is 0 Å². The van der Waals surface area contributed by atoms with E-state index in [1.807, 2.05) is 18.2 Å². The Morgan fingerprint density at radius 1 is 0.796 bits per heavy atom. The van der Waals surface area contributed by atoms with Crippen molar-refractivity contribution >= 4 is 67.5 Å². The van der Waals surface area contributed by atoms with Crippen LogP contribution in [0.5, 0.6) is 16.6 Å². The summed E-state index contributed by atoms with van der Waals surface area (Å²) in [5, 5.41) is 2.98. The zero-order valence-corrected chi connectivity index (χ0v) is 33.5. The van der Waals surface area contributed by atoms with E-state index < -0.39 is 0 Å². The molecule has 54 heavy (non-hydrogen) atoms. The first-order chi connectivity index (χ1) is 26.0. The number of hydrogen-bond acceptors (Lipinski definition) is 10. The van der Waals surface area contributed by atoms with Crippen LogP contribution in [0.1, 0.15) is 91.4 Å². The molecule has 2 spiro atoms. The van der Waals surface area contributed by atoms with E-state index in [2.05, 4.69) is 28.0 Å². The molecule has 2 N–H and O–H groups in total. The van der Waals surface area contributed by atoms with Gasteiger partial charge < -0.3 is 19.9 Å². The number of carbonyl (C=O) groups is 2. The molecule has 10 heterocycles. The summed E-state index contributed by atoms with van der Waals surface area (Å²) in [5.74, 6) is 4.61. The van der Waals surface area contributed by atoms with Crippen LogP contribution in [0, 0.1) is 17.8 Å². The fourth-order valence-corrected chi connectivity index (χ4v) is 13.4. The van der Waals surface area contributed by atoms with Crippen molar-refractivity contribution in [2.45, 2.75) is 101 Å². The Morgan fingerprint density at radius 3 is 1.91 bits per heavy atom. The first-order valence-corrected chi connectivity index (χ1v) is 21.8. The molecule has 8 fully saturated rings. The van der Waals surface area contributed by atoms with Crippen molar-refractivity contribution in [2.24, 2.45) is 23.5 Å². The molecule has 288 valence electrons. The van der Waals surface area contributed by atoms with Gasteiger partial charge >= 0.3 is 0 Å². The molecule has 2 aliphatic carbocycles. The SMILES string of the molecule is Cl.N[C@@H]1C2CCN(CC2)C12CC2.O=C(C[C@@H]1C2CCN(CC2)C12CC2)c1cc2ccc3c(c2s1)CCCO3.O=COc1cc2ccc3c(c2s1)CCCO3. The van der Waals surface area contributed by atoms with E-state index in [0.717, 1.165) is 78.9 Å². The number of Topliss-reactive ketones (excluding diaryl/α,β-unsaturated/α-hetero) is 1. The highest BCUT2D eigenvalue weighted by molar-refractivity contribution is 7.21. The maximum atomic E-state index is 13.2. The van der Waals surface area contributed by atoms with E-state index in [-0.39, 0.29) is 12.4 Å². The number of nitrogens with zero attached hydrogens (tertiary/aromatic N) is 2. The van der Waals surface area contributed by atoms with Gasteiger partial charge in [0, 0.05) is 50.1 Å². The Kier molecular flexibility index (Phi) is 10.0. The van der Waals surface area contributed by atoms with Gasteiger partial charge in [0.05, 0.1) is 18.1 Å². The summed E-state index contributed by atoms with van der Waals surface area (Å²) < 4.78 is 18.7. The molecule has 8 aliphatic heterocycles. The largest absolute Gasteiger partial charge is 0.493 e. The number of fused-ring (bicyclic) bond motifs is 10. The van der Waals surface area contributed by atoms with E-state index in [9.17, 15) is 9.59 Å². The number of piperidine rings is 6. The topological polar surface area (TPSA) is 94.3 Å². The highest BCUT2D eigenvalue weighted by Crippen LogP contribution is 2.59. The molecule has 10 aliphatic rings. The second-order valence-corrected chi connectivity index (χ2v) is 18.9. The lowest BCUT2D eigenvalue weighted by molar-refractivity contribution is -0.120. The number of carbonyl (C=O) groups excluding carboxylic acids is 2. The fraction of sp³-hybridized carbons (Fsp3) is 0.581. The normalized spacial score (nSPS) is 29.6. The van der Waals surface area contributed by atoms with Gasteiger partial charge in [-0.15, -0.1) is 23.7 Å². The number of thiophene rings is 2. The minimum atomic E-state index is 0. The molecular weight excluding hydrogens is 738 g/mol. The van der Waals surface area contributed by atoms with Gasteiger partial charge in [0.15, 0.2) is 10.8 Å². The van der Waals surface area contributed by atoms with Gasteiger partial charge in [-0.05, 0) is 162 Å². The van der Waals surface area contributed by atoms with E-state index >= 15 is 0 Å². The lowest BCUT2D eigenvalue weighted by atomic mass is 9.70. The molecule has 2 saturated carbocycles. The number of halogens is 1. The number of benzene rings is 2. The summed E-state index contributed by atoms with van der Waals surface area (Å²) in [6, 6.07) is 12.8. The number of ether oxygens (including phenoxy) is 3. The lowest BCUT2D eigenvalue weighted by Crippen LogP contribution is -2.63. The van der Waals surface area contributed by atoms with Crippen molar-refractivity contribution in [3.05, 3.63) is 52.4 Å². The van der Waals surface area contributed by atoms with Gasteiger partial charge in [-0.1, -0.05) is 11.3 Å². The predicted octanol–water partition coefficient (Wildman–Crippen LogP) is 8.43. The second-order valence-electron chi connectivity index (χ2n) is 16.8. The third-order valence-electron chi connectivity index (χ3n) is 14.2. The molecule has 11 heteroatoms. The van der Waals surface area contributed by atoms with Crippen molar-refractivity contribution < 1.29 is 23.8 Å². The number of ketones is 1. The van der Waals surface area contributed by atoms with Gasteiger partial charge in [0.2, 0.25) is 0 Å². The molecule has 0 radical (unpaired) electrons. The number of nitrogens with two attached hydrogens (primary N) is 1. The van der Waals surface area contributed by atoms with Gasteiger partial charge in [0.25, 0.3) is 6.47 Å². The highest BCUT2D eigenvalue weighted by atomic mass is 35.5. The van der Waals surface area contributed by atoms with Crippen LogP contribution in [0.3, 0.4) is 0 Å². The van der Waals surface area contributed by atoms with Crippen LogP contribution in [-0.4, -0.2) is 78.6 Å². The molecule has 4 aromatic rings. The smallest absolute Gasteiger partial charge is 0.299 e. The van der Waals surface area contributed by atoms with Crippen molar-refractivity contribution in [3.63, 3.8) is 0 Å². The Morgan fingerprint density at radius 2 is 1.35 bits per heavy atom. The molecule has 4 bridgehead atoms. The number of rotatable bonds is 5. The first kappa shape index (κ1) is 36.9. The molecule has 2 aromatic heterocycles. The van der Waals surface area contributed by atoms with Crippen molar-refractivity contribution in [3.8, 4) is 16.6 Å². The summed E-state index contributed by atoms with van der Waals surface area (Å²) in [5.41, 5.74) is 9.70. The van der Waals surface area contributed by atoms with Crippen LogP contribution in [0.2, 0.25) is 0 Å². The third-order valence-corrected chi connectivity index (χ3v) is 16.6. The van der Waals surface area contributed by atoms with Crippen LogP contribution in [-0.2, 0) is 17.6 Å². The van der Waals surface area contributed by atoms with Crippen LogP contribution < -0.4 is 19.9 Å². The monoisotopic (exact) mass is 789 g/mol. The second kappa shape index (κ2) is 14.6. The standard InChI is InChI=1S/C22H25NO2S.C12H10O3S.C9H16N2.ClH/c24-18(13-17-14-5-9-23(10-6-14)22(17)7-8-22)20-12-15-3-4-19-16(21(15)26-20)2-1-11-25-19;13-7-15-11-6-8-3-4-10-9(12(8)16-11)2-1-5-14-10;10-8-7-1-5-11(6-2-7)9(8)3-4-9;/h3-4,12,14,17H,1-2,5-11,13H2;3-4,6-7H,1-2,5H2;7-8H,1-6,10H2;1H/t17-;;8-;/m1.1./s1. The quantitative estimate of drug-likeness (QED) is 0.159. The van der Waals surface area contributed by atoms with Crippen LogP contribution in [0.15, 0.2) is 36.4 Å². The predicted molar refractivity (Wildman–Crippen MR) is 218 cm³/mol. The average molecular weight is 790 g/mol. The lowest BCUT2D eigenvalue weighted by Gasteiger charge is -2.52. The Hall–Kier alpha value is -2.73. The molecule has 6 saturated heterocycles. The highest BCUT2D eigenvalue weighted by Gasteiger charge is 2.60. The molecule has 2 atom stereocenters. The zero-order chi connectivity index (χ0) is 35.7. The van der Waals surface area contributed by atoms with E-state index in [4.69, 9.17) is 19.9 Å². The summed E-state index contributed by atoms with van der Waals surface area (Å²) in [6.07, 6.45) is 15.7. The average Bonchev–Trinajstić information content (AvgIpc) is 4.08. The molecule has 8 nitrogen and oxygen atoms in total. The fourth-order valence-electron chi connectivity index (χ4n) is 11.1. The molecule has 0 unspecified atom stereocenters. The van der Waals surface area contributed by atoms with Crippen LogP contribution in [0.25, 0.3) is 20.2 Å². The van der Waals surface area contributed by atoms with Crippen molar-refractivity contribution in [1.29, 1.82) is 0 Å². The molecular formula is C43H52ClN3O5S2. The van der Waals surface area contributed by atoms with Gasteiger partial charge in [0.1, 0.15) is 11.5 Å². The molecule has 14 rings (SSSR count). The summed E-state index contributed by atoms with van der Waals surface area (Å²) in [6.45, 7) is 7.28. The van der Waals surface area contributed by atoms with Crippen molar-refractivity contribution in [2.75, 3.05) is 39.4 Å². The minimum absolute atomic E-state index is 0. The summed E-state index contributed by atoms with van der Waals surface area (Å²) in [4.78, 5) is 29.8. The Bertz CT molecular complexity index is 2030. The van der Waals surface area contributed by atoms with Gasteiger partial charge in [-0.25, -0.2) is 0 Å². The number of hydrogen-bond donors (Lipinski definition) is 1. The molecule has 2 aromatic carbocycles. The van der Waals surface area contributed by atoms with E-state index in [1.54, 1.807) is 11.3 Å². The van der Waals surface area contributed by atoms with Crippen LogP contribution >= 0.6 is 35.1 Å². The van der Waals surface area contributed by atoms with E-state index in [1.165, 1.54) is 115 Å². The third kappa shape index (κ3) is 6.37. The maximum absolute atomic E-state index is 13.2. The van der Waals surface area contributed by atoms with Crippen molar-refractivity contribution in [1.82, 2.24) is 9.80 Å². The van der Waals surface area contributed by atoms with E-state index in [0.29, 0.717) is 40.4 Å². The Labute approximate surface area is 332 Å². The summed E-state index contributed by atoms with van der Waals surface area (Å²) in [7, 11) is 0. The maximum Gasteiger partial charge on any atom is 0.299 e. The van der Waals surface area contributed by atoms with Gasteiger partial charge in [-0.3, -0.25) is 19.4 Å². The Balaban J connectivity index is 0.000000117. The minimum Gasteiger partial charge on any atom is -0.493 e. The molecule has 0 amide bonds. The summed E-state index contributed by atoms with van der Waals surface area (Å²) >= 11 is 3.21. The number of aryl methyl sites for hydroxylation is 2. The first-order valence-electron chi connectivity index (χ1n) is 20.2.